The summed E-state index contributed by atoms with van der Waals surface area (Å²) in [6, 6.07) is 6.17. The van der Waals surface area contributed by atoms with E-state index < -0.39 is 5.67 Å². The molecule has 1 atom stereocenters. The van der Waals surface area contributed by atoms with Gasteiger partial charge in [-0.3, -0.25) is 0 Å². The van der Waals surface area contributed by atoms with Crippen LogP contribution >= 0.6 is 0 Å². The van der Waals surface area contributed by atoms with E-state index in [2.05, 4.69) is 18.3 Å². The van der Waals surface area contributed by atoms with E-state index in [1.807, 2.05) is 12.1 Å². The molecule has 0 saturated heterocycles. The zero-order valence-electron chi connectivity index (χ0n) is 8.73. The summed E-state index contributed by atoms with van der Waals surface area (Å²) in [5.41, 5.74) is 2.36. The Morgan fingerprint density at radius 3 is 3.00 bits per heavy atom. The first-order chi connectivity index (χ1) is 6.57. The second-order valence-electron chi connectivity index (χ2n) is 4.43. The zero-order chi connectivity index (χ0) is 10.2. The molecule has 0 aliphatic carbocycles. The lowest BCUT2D eigenvalue weighted by molar-refractivity contribution is 0.183. The van der Waals surface area contributed by atoms with Gasteiger partial charge in [0.1, 0.15) is 5.67 Å². The summed E-state index contributed by atoms with van der Waals surface area (Å²) in [6.07, 6.45) is 1.11. The monoisotopic (exact) mass is 193 g/mol. The first-order valence-electron chi connectivity index (χ1n) is 5.09. The van der Waals surface area contributed by atoms with Crippen molar-refractivity contribution in [3.05, 3.63) is 29.3 Å². The fourth-order valence-electron chi connectivity index (χ4n) is 1.95. The highest BCUT2D eigenvalue weighted by Crippen LogP contribution is 2.30. The van der Waals surface area contributed by atoms with Crippen LogP contribution in [0.1, 0.15) is 24.5 Å². The Kier molecular flexibility index (Phi) is 2.22. The summed E-state index contributed by atoms with van der Waals surface area (Å²) in [6.45, 7) is 4.47. The van der Waals surface area contributed by atoms with Crippen molar-refractivity contribution < 1.29 is 4.39 Å². The third kappa shape index (κ3) is 1.89. The number of hydrogen-bond acceptors (Lipinski definition) is 1. The van der Waals surface area contributed by atoms with Crippen LogP contribution in [0.5, 0.6) is 0 Å². The van der Waals surface area contributed by atoms with Gasteiger partial charge in [0.2, 0.25) is 0 Å². The Morgan fingerprint density at radius 2 is 2.21 bits per heavy atom. The van der Waals surface area contributed by atoms with Gasteiger partial charge >= 0.3 is 0 Å². The van der Waals surface area contributed by atoms with Gasteiger partial charge in [0, 0.05) is 18.7 Å². The van der Waals surface area contributed by atoms with Crippen LogP contribution in [0.15, 0.2) is 18.2 Å². The molecule has 2 heteroatoms. The number of anilines is 1. The number of benzene rings is 1. The van der Waals surface area contributed by atoms with Crippen LogP contribution in [0.25, 0.3) is 0 Å². The Hall–Kier alpha value is -1.05. The fraction of sp³-hybridized carbons (Fsp3) is 0.500. The largest absolute Gasteiger partial charge is 0.385 e. The average Bonchev–Trinajstić information content (AvgIpc) is 2.22. The average molecular weight is 193 g/mol. The lowest BCUT2D eigenvalue weighted by atomic mass is 9.95. The van der Waals surface area contributed by atoms with Crippen molar-refractivity contribution in [2.45, 2.75) is 32.4 Å². The molecular formula is C12H16FN. The van der Waals surface area contributed by atoms with Crippen molar-refractivity contribution in [1.82, 2.24) is 0 Å². The molecule has 1 unspecified atom stereocenters. The minimum Gasteiger partial charge on any atom is -0.385 e. The van der Waals surface area contributed by atoms with Crippen molar-refractivity contribution in [1.29, 1.82) is 0 Å². The van der Waals surface area contributed by atoms with Gasteiger partial charge < -0.3 is 5.32 Å². The van der Waals surface area contributed by atoms with Gasteiger partial charge in [0.15, 0.2) is 0 Å². The molecule has 0 radical (unpaired) electrons. The van der Waals surface area contributed by atoms with Crippen LogP contribution in [0.2, 0.25) is 0 Å². The molecule has 0 saturated carbocycles. The summed E-state index contributed by atoms with van der Waals surface area (Å²) in [4.78, 5) is 0. The quantitative estimate of drug-likeness (QED) is 0.667. The van der Waals surface area contributed by atoms with Gasteiger partial charge in [-0.15, -0.1) is 0 Å². The number of aryl methyl sites for hydroxylation is 1. The van der Waals surface area contributed by atoms with Gasteiger partial charge in [-0.1, -0.05) is 12.1 Å². The van der Waals surface area contributed by atoms with Gasteiger partial charge in [-0.05, 0) is 37.5 Å². The van der Waals surface area contributed by atoms with Gasteiger partial charge in [0.05, 0.1) is 0 Å². The molecule has 2 rings (SSSR count). The number of halogens is 1. The van der Waals surface area contributed by atoms with Crippen LogP contribution in [0.4, 0.5) is 10.1 Å². The first-order valence-corrected chi connectivity index (χ1v) is 5.09. The molecule has 1 nitrogen and oxygen atoms in total. The predicted molar refractivity (Wildman–Crippen MR) is 57.5 cm³/mol. The van der Waals surface area contributed by atoms with E-state index in [0.717, 1.165) is 17.8 Å². The molecule has 0 bridgehead atoms. The summed E-state index contributed by atoms with van der Waals surface area (Å²) in [5, 5.41) is 3.28. The Balaban J connectivity index is 2.37. The molecule has 76 valence electrons. The number of alkyl halides is 1. The minimum absolute atomic E-state index is 0.523. The molecule has 1 aromatic rings. The molecule has 1 N–H and O–H groups in total. The standard InChI is InChI=1S/C12H16FN/c1-9-3-4-10-8-12(2,13)5-6-14-11(10)7-9/h3-4,7,14H,5-6,8H2,1-2H3. The molecule has 0 amide bonds. The Bertz CT molecular complexity index is 344. The van der Waals surface area contributed by atoms with Crippen LogP contribution < -0.4 is 5.32 Å². The van der Waals surface area contributed by atoms with E-state index in [-0.39, 0.29) is 0 Å². The highest BCUT2D eigenvalue weighted by molar-refractivity contribution is 5.54. The van der Waals surface area contributed by atoms with Crippen molar-refractivity contribution in [2.24, 2.45) is 0 Å². The summed E-state index contributed by atoms with van der Waals surface area (Å²) < 4.78 is 13.9. The minimum atomic E-state index is -1.06. The smallest absolute Gasteiger partial charge is 0.114 e. The van der Waals surface area contributed by atoms with Crippen molar-refractivity contribution in [3.63, 3.8) is 0 Å². The zero-order valence-corrected chi connectivity index (χ0v) is 8.73. The number of hydrogen-bond donors (Lipinski definition) is 1. The van der Waals surface area contributed by atoms with Crippen molar-refractivity contribution in [2.75, 3.05) is 11.9 Å². The van der Waals surface area contributed by atoms with E-state index in [0.29, 0.717) is 12.8 Å². The second kappa shape index (κ2) is 3.26. The summed E-state index contributed by atoms with van der Waals surface area (Å²) >= 11 is 0. The lowest BCUT2D eigenvalue weighted by Gasteiger charge is -2.16. The van der Waals surface area contributed by atoms with Crippen LogP contribution in [-0.2, 0) is 6.42 Å². The van der Waals surface area contributed by atoms with E-state index in [4.69, 9.17) is 0 Å². The molecule has 14 heavy (non-hydrogen) atoms. The Morgan fingerprint density at radius 1 is 1.43 bits per heavy atom. The van der Waals surface area contributed by atoms with Gasteiger partial charge in [-0.2, -0.15) is 0 Å². The van der Waals surface area contributed by atoms with Crippen LogP contribution in [-0.4, -0.2) is 12.2 Å². The van der Waals surface area contributed by atoms with E-state index in [1.54, 1.807) is 6.92 Å². The third-order valence-electron chi connectivity index (χ3n) is 2.79. The molecule has 0 fully saturated rings. The van der Waals surface area contributed by atoms with Gasteiger partial charge in [-0.25, -0.2) is 4.39 Å². The normalized spacial score (nSPS) is 26.2. The maximum Gasteiger partial charge on any atom is 0.114 e. The Labute approximate surface area is 84.3 Å². The van der Waals surface area contributed by atoms with Crippen molar-refractivity contribution in [3.8, 4) is 0 Å². The van der Waals surface area contributed by atoms with Gasteiger partial charge in [0.25, 0.3) is 0 Å². The molecule has 0 aromatic heterocycles. The maximum atomic E-state index is 13.9. The second-order valence-corrected chi connectivity index (χ2v) is 4.43. The maximum absolute atomic E-state index is 13.9. The summed E-state index contributed by atoms with van der Waals surface area (Å²) in [7, 11) is 0. The highest BCUT2D eigenvalue weighted by Gasteiger charge is 2.26. The van der Waals surface area contributed by atoms with E-state index >= 15 is 0 Å². The van der Waals surface area contributed by atoms with E-state index in [1.165, 1.54) is 5.56 Å². The highest BCUT2D eigenvalue weighted by atomic mass is 19.1. The number of fused-ring (bicyclic) bond motifs is 1. The molecule has 1 aliphatic heterocycles. The molecule has 1 aromatic carbocycles. The third-order valence-corrected chi connectivity index (χ3v) is 2.79. The number of rotatable bonds is 0. The molecule has 1 heterocycles. The first kappa shape index (κ1) is 9.50. The number of nitrogens with one attached hydrogen (secondary N) is 1. The SMILES string of the molecule is Cc1ccc2c(c1)NCCC(C)(F)C2. The van der Waals surface area contributed by atoms with Crippen molar-refractivity contribution >= 4 is 5.69 Å². The summed E-state index contributed by atoms with van der Waals surface area (Å²) in [5.74, 6) is 0. The topological polar surface area (TPSA) is 12.0 Å². The molecule has 0 spiro atoms. The van der Waals surface area contributed by atoms with Crippen LogP contribution in [0.3, 0.4) is 0 Å². The molecular weight excluding hydrogens is 177 g/mol. The van der Waals surface area contributed by atoms with Crippen LogP contribution in [0, 0.1) is 6.92 Å². The molecule has 1 aliphatic rings. The fourth-order valence-corrected chi connectivity index (χ4v) is 1.95. The lowest BCUT2D eigenvalue weighted by Crippen LogP contribution is -2.21. The predicted octanol–water partition coefficient (Wildman–Crippen LogP) is 3.08. The van der Waals surface area contributed by atoms with E-state index in [9.17, 15) is 4.39 Å².